The molecule has 5 heteroatoms. The fraction of sp³-hybridized carbons (Fsp3) is 0.111. The van der Waals surface area contributed by atoms with Crippen molar-refractivity contribution < 1.29 is 9.21 Å². The molecule has 2 heterocycles. The van der Waals surface area contributed by atoms with E-state index in [1.165, 1.54) is 17.0 Å². The van der Waals surface area contributed by atoms with Crippen molar-refractivity contribution in [3.05, 3.63) is 41.1 Å². The van der Waals surface area contributed by atoms with Crippen molar-refractivity contribution in [1.29, 1.82) is 0 Å². The molecular formula is C9H7ClN2O2. The molecule has 14 heavy (non-hydrogen) atoms. The van der Waals surface area contributed by atoms with E-state index in [1.807, 2.05) is 0 Å². The molecule has 0 unspecified atom stereocenters. The van der Waals surface area contributed by atoms with Crippen molar-refractivity contribution in [2.75, 3.05) is 0 Å². The monoisotopic (exact) mass is 210 g/mol. The summed E-state index contributed by atoms with van der Waals surface area (Å²) in [5.74, 6) is -0.191. The minimum atomic E-state index is -0.191. The molecule has 0 fully saturated rings. The van der Waals surface area contributed by atoms with E-state index in [4.69, 9.17) is 16.0 Å². The summed E-state index contributed by atoms with van der Waals surface area (Å²) < 4.78 is 6.33. The molecule has 2 aromatic heterocycles. The van der Waals surface area contributed by atoms with Crippen molar-refractivity contribution in [2.24, 2.45) is 7.05 Å². The molecule has 2 aromatic rings. The number of hydrogen-bond donors (Lipinski definition) is 0. The third kappa shape index (κ3) is 1.33. The summed E-state index contributed by atoms with van der Waals surface area (Å²) in [7, 11) is 1.70. The molecule has 0 aromatic carbocycles. The second-order valence-corrected chi connectivity index (χ2v) is 3.12. The zero-order valence-electron chi connectivity index (χ0n) is 7.40. The molecule has 4 nitrogen and oxygen atoms in total. The Kier molecular flexibility index (Phi) is 2.13. The van der Waals surface area contributed by atoms with Crippen molar-refractivity contribution >= 4 is 17.4 Å². The number of halogens is 1. The van der Waals surface area contributed by atoms with Crippen LogP contribution in [0.25, 0.3) is 0 Å². The van der Waals surface area contributed by atoms with Gasteiger partial charge in [-0.1, -0.05) is 0 Å². The maximum absolute atomic E-state index is 11.8. The van der Waals surface area contributed by atoms with Gasteiger partial charge in [-0.2, -0.15) is 5.10 Å². The number of ketones is 1. The van der Waals surface area contributed by atoms with Crippen LogP contribution in [-0.2, 0) is 7.05 Å². The summed E-state index contributed by atoms with van der Waals surface area (Å²) in [6, 6.07) is 3.17. The molecule has 72 valence electrons. The molecule has 0 aliphatic heterocycles. The molecular weight excluding hydrogens is 204 g/mol. The fourth-order valence-corrected chi connectivity index (χ4v) is 1.39. The summed E-state index contributed by atoms with van der Waals surface area (Å²) in [6.07, 6.45) is 2.94. The van der Waals surface area contributed by atoms with Gasteiger partial charge in [0.05, 0.1) is 11.8 Å². The van der Waals surface area contributed by atoms with E-state index >= 15 is 0 Å². The van der Waals surface area contributed by atoms with Crippen LogP contribution in [0.5, 0.6) is 0 Å². The number of nitrogens with zero attached hydrogens (tertiary/aromatic N) is 2. The van der Waals surface area contributed by atoms with E-state index in [0.717, 1.165) is 0 Å². The van der Waals surface area contributed by atoms with E-state index in [9.17, 15) is 4.79 Å². The summed E-state index contributed by atoms with van der Waals surface area (Å²) in [5.41, 5.74) is 0.837. The lowest BCUT2D eigenvalue weighted by molar-refractivity contribution is 0.103. The largest absolute Gasteiger partial charge is 0.452 e. The number of carbonyl (C=O) groups excluding carboxylic acids is 1. The minimum Gasteiger partial charge on any atom is -0.452 e. The molecule has 2 rings (SSSR count). The molecule has 0 spiro atoms. The van der Waals surface area contributed by atoms with E-state index < -0.39 is 0 Å². The second-order valence-electron chi connectivity index (χ2n) is 2.78. The first kappa shape index (κ1) is 9.02. The van der Waals surface area contributed by atoms with Crippen LogP contribution < -0.4 is 0 Å². The van der Waals surface area contributed by atoms with E-state index in [1.54, 1.807) is 19.3 Å². The minimum absolute atomic E-state index is 0.108. The SMILES string of the molecule is Cn1nccc1C(=O)c1ccoc1Cl. The average molecular weight is 211 g/mol. The Morgan fingerprint density at radius 2 is 2.36 bits per heavy atom. The Labute approximate surface area is 85.1 Å². The predicted molar refractivity (Wildman–Crippen MR) is 50.4 cm³/mol. The number of aromatic nitrogens is 2. The lowest BCUT2D eigenvalue weighted by Gasteiger charge is -1.98. The Balaban J connectivity index is 2.44. The molecule has 0 aliphatic carbocycles. The van der Waals surface area contributed by atoms with Crippen LogP contribution in [-0.4, -0.2) is 15.6 Å². The van der Waals surface area contributed by atoms with Gasteiger partial charge >= 0.3 is 0 Å². The van der Waals surface area contributed by atoms with Crippen LogP contribution in [0.15, 0.2) is 29.0 Å². The molecule has 0 bridgehead atoms. The number of aryl methyl sites for hydroxylation is 1. The molecule has 0 aliphatic rings. The topological polar surface area (TPSA) is 48.0 Å². The Hall–Kier alpha value is -1.55. The highest BCUT2D eigenvalue weighted by Crippen LogP contribution is 2.19. The van der Waals surface area contributed by atoms with Gasteiger partial charge in [0.1, 0.15) is 5.69 Å². The van der Waals surface area contributed by atoms with Crippen molar-refractivity contribution in [3.63, 3.8) is 0 Å². The third-order valence-electron chi connectivity index (χ3n) is 1.92. The van der Waals surface area contributed by atoms with Crippen LogP contribution in [0.1, 0.15) is 16.1 Å². The van der Waals surface area contributed by atoms with Crippen LogP contribution >= 0.6 is 11.6 Å². The zero-order chi connectivity index (χ0) is 10.1. The van der Waals surface area contributed by atoms with Gasteiger partial charge < -0.3 is 4.42 Å². The highest BCUT2D eigenvalue weighted by atomic mass is 35.5. The fourth-order valence-electron chi connectivity index (χ4n) is 1.19. The number of furan rings is 1. The van der Waals surface area contributed by atoms with E-state index in [-0.39, 0.29) is 11.0 Å². The first-order valence-corrected chi connectivity index (χ1v) is 4.33. The van der Waals surface area contributed by atoms with Gasteiger partial charge in [-0.15, -0.1) is 0 Å². The van der Waals surface area contributed by atoms with Crippen molar-refractivity contribution in [3.8, 4) is 0 Å². The molecule has 0 amide bonds. The van der Waals surface area contributed by atoms with Crippen LogP contribution in [0.2, 0.25) is 5.22 Å². The van der Waals surface area contributed by atoms with Crippen molar-refractivity contribution in [1.82, 2.24) is 9.78 Å². The standard InChI is InChI=1S/C9H7ClN2O2/c1-12-7(2-4-11-12)8(13)6-3-5-14-9(6)10/h2-5H,1H3. The van der Waals surface area contributed by atoms with E-state index in [0.29, 0.717) is 11.3 Å². The van der Waals surface area contributed by atoms with Gasteiger partial charge in [0, 0.05) is 13.2 Å². The van der Waals surface area contributed by atoms with Crippen LogP contribution in [0.4, 0.5) is 0 Å². The van der Waals surface area contributed by atoms with Gasteiger partial charge in [-0.05, 0) is 23.7 Å². The quantitative estimate of drug-likeness (QED) is 0.712. The maximum Gasteiger partial charge on any atom is 0.215 e. The van der Waals surface area contributed by atoms with Gasteiger partial charge in [0.25, 0.3) is 0 Å². The van der Waals surface area contributed by atoms with Crippen LogP contribution in [0, 0.1) is 0 Å². The molecule has 0 N–H and O–H groups in total. The molecule has 0 saturated heterocycles. The Morgan fingerprint density at radius 1 is 1.57 bits per heavy atom. The second kappa shape index (κ2) is 3.31. The smallest absolute Gasteiger partial charge is 0.215 e. The highest BCUT2D eigenvalue weighted by molar-refractivity contribution is 6.33. The van der Waals surface area contributed by atoms with Gasteiger partial charge in [0.2, 0.25) is 11.0 Å². The lowest BCUT2D eigenvalue weighted by Crippen LogP contribution is -2.07. The van der Waals surface area contributed by atoms with Gasteiger partial charge in [-0.25, -0.2) is 0 Å². The first-order chi connectivity index (χ1) is 6.70. The molecule has 0 radical (unpaired) electrons. The van der Waals surface area contributed by atoms with Crippen molar-refractivity contribution in [2.45, 2.75) is 0 Å². The van der Waals surface area contributed by atoms with E-state index in [2.05, 4.69) is 5.10 Å². The summed E-state index contributed by atoms with van der Waals surface area (Å²) in [6.45, 7) is 0. The summed E-state index contributed by atoms with van der Waals surface area (Å²) >= 11 is 5.69. The molecule has 0 atom stereocenters. The molecule has 0 saturated carbocycles. The van der Waals surface area contributed by atoms with Crippen LogP contribution in [0.3, 0.4) is 0 Å². The number of rotatable bonds is 2. The highest BCUT2D eigenvalue weighted by Gasteiger charge is 2.17. The van der Waals surface area contributed by atoms with Gasteiger partial charge in [-0.3, -0.25) is 9.48 Å². The zero-order valence-corrected chi connectivity index (χ0v) is 8.15. The first-order valence-electron chi connectivity index (χ1n) is 3.96. The van der Waals surface area contributed by atoms with Gasteiger partial charge in [0.15, 0.2) is 0 Å². The third-order valence-corrected chi connectivity index (χ3v) is 2.21. The average Bonchev–Trinajstić information content (AvgIpc) is 2.73. The lowest BCUT2D eigenvalue weighted by atomic mass is 10.2. The maximum atomic E-state index is 11.8. The number of carbonyl (C=O) groups is 1. The predicted octanol–water partition coefficient (Wildman–Crippen LogP) is 1.90. The summed E-state index contributed by atoms with van der Waals surface area (Å²) in [4.78, 5) is 11.8. The number of hydrogen-bond acceptors (Lipinski definition) is 3. The normalized spacial score (nSPS) is 10.4. The Bertz CT molecular complexity index is 430. The summed E-state index contributed by atoms with van der Waals surface area (Å²) in [5, 5.41) is 4.01. The Morgan fingerprint density at radius 3 is 2.86 bits per heavy atom.